The largest absolute Gasteiger partial charge is 0.628 e. The molecule has 5 nitrogen and oxygen atoms in total. The Bertz CT molecular complexity index is 294. The van der Waals surface area contributed by atoms with Crippen LogP contribution >= 0.6 is 7.77 Å². The molecule has 0 aromatic rings. The lowest BCUT2D eigenvalue weighted by Crippen LogP contribution is -2.39. The fourth-order valence-electron chi connectivity index (χ4n) is 1.03. The zero-order valence-corrected chi connectivity index (χ0v) is 12.2. The SMILES string of the molecule is CC(C)C(=O)OCC/[P+]([O-])=C(\O)C[N+](C)(C)C. The highest BCUT2D eigenvalue weighted by Gasteiger charge is 2.17. The highest BCUT2D eigenvalue weighted by molar-refractivity contribution is 7.51. The number of hydrogen-bond acceptors (Lipinski definition) is 3. The van der Waals surface area contributed by atoms with Crippen LogP contribution in [0, 0.1) is 5.92 Å². The number of carbonyl (C=O) groups excluding carboxylic acids is 1. The molecule has 0 aliphatic rings. The van der Waals surface area contributed by atoms with Crippen LogP contribution in [0.4, 0.5) is 0 Å². The van der Waals surface area contributed by atoms with E-state index in [9.17, 15) is 14.8 Å². The number of nitrogens with zero attached hydrogens (tertiary/aromatic N) is 1. The van der Waals surface area contributed by atoms with E-state index in [0.29, 0.717) is 11.0 Å². The molecule has 0 aliphatic heterocycles. The minimum atomic E-state index is -1.83. The molecule has 6 heteroatoms. The summed E-state index contributed by atoms with van der Waals surface area (Å²) in [5.41, 5.74) is -0.0203. The lowest BCUT2D eigenvalue weighted by Gasteiger charge is -2.22. The Morgan fingerprint density at radius 1 is 1.41 bits per heavy atom. The van der Waals surface area contributed by atoms with E-state index in [0.717, 1.165) is 0 Å². The molecule has 1 N–H and O–H groups in total. The molecule has 0 saturated carbocycles. The predicted octanol–water partition coefficient (Wildman–Crippen LogP) is 0.151. The number of rotatable bonds is 6. The predicted molar refractivity (Wildman–Crippen MR) is 67.4 cm³/mol. The third kappa shape index (κ3) is 8.27. The van der Waals surface area contributed by atoms with E-state index in [4.69, 9.17) is 4.74 Å². The number of ether oxygens (including phenoxy) is 1. The fourth-order valence-corrected chi connectivity index (χ4v) is 2.13. The van der Waals surface area contributed by atoms with Crippen LogP contribution in [0.1, 0.15) is 13.8 Å². The maximum atomic E-state index is 11.6. The topological polar surface area (TPSA) is 69.6 Å². The highest BCUT2D eigenvalue weighted by atomic mass is 31.1. The van der Waals surface area contributed by atoms with Gasteiger partial charge in [-0.3, -0.25) is 4.79 Å². The molecular formula is C11H23NO4P+. The van der Waals surface area contributed by atoms with Gasteiger partial charge in [0.15, 0.2) is 6.54 Å². The second-order valence-corrected chi connectivity index (χ2v) is 7.01. The number of hydrogen-bond donors (Lipinski definition) is 1. The van der Waals surface area contributed by atoms with Gasteiger partial charge >= 0.3 is 5.97 Å². The van der Waals surface area contributed by atoms with E-state index in [1.807, 2.05) is 21.1 Å². The molecule has 0 fully saturated rings. The molecular weight excluding hydrogens is 241 g/mol. The molecule has 17 heavy (non-hydrogen) atoms. The Kier molecular flexibility index (Phi) is 6.87. The van der Waals surface area contributed by atoms with Gasteiger partial charge in [-0.15, -0.1) is 0 Å². The fraction of sp³-hybridized carbons (Fsp3) is 0.818. The average molecular weight is 264 g/mol. The van der Waals surface area contributed by atoms with E-state index in [2.05, 4.69) is 0 Å². The number of aliphatic hydroxyl groups excluding tert-OH is 1. The van der Waals surface area contributed by atoms with Crippen molar-refractivity contribution in [3.63, 3.8) is 0 Å². The van der Waals surface area contributed by atoms with Crippen molar-refractivity contribution < 1.29 is 24.0 Å². The Morgan fingerprint density at radius 3 is 2.35 bits per heavy atom. The first-order valence-corrected chi connectivity index (χ1v) is 7.04. The first kappa shape index (κ1) is 16.5. The third-order valence-electron chi connectivity index (χ3n) is 1.91. The van der Waals surface area contributed by atoms with Crippen LogP contribution in [0.5, 0.6) is 0 Å². The summed E-state index contributed by atoms with van der Waals surface area (Å²) in [6.07, 6.45) is 0.180. The summed E-state index contributed by atoms with van der Waals surface area (Å²) in [6.45, 7) is 3.91. The van der Waals surface area contributed by atoms with Crippen LogP contribution < -0.4 is 4.89 Å². The van der Waals surface area contributed by atoms with E-state index in [1.165, 1.54) is 0 Å². The monoisotopic (exact) mass is 264 g/mol. The Balaban J connectivity index is 4.12. The standard InChI is InChI=1S/C11H22NO4P/c1-9(2)11(14)16-6-7-17(15)10(13)8-12(3,4)5/h9H,6-8H2,1-5H3/p+1. The molecule has 0 aliphatic carbocycles. The van der Waals surface area contributed by atoms with Crippen LogP contribution in [0.3, 0.4) is 0 Å². The van der Waals surface area contributed by atoms with Crippen LogP contribution in [-0.2, 0) is 9.53 Å². The van der Waals surface area contributed by atoms with Gasteiger partial charge in [-0.05, 0) is 0 Å². The van der Waals surface area contributed by atoms with Crippen molar-refractivity contribution in [1.29, 1.82) is 0 Å². The van der Waals surface area contributed by atoms with Gasteiger partial charge in [-0.1, -0.05) is 13.8 Å². The average Bonchev–Trinajstić information content (AvgIpc) is 2.14. The van der Waals surface area contributed by atoms with Gasteiger partial charge in [0.2, 0.25) is 0 Å². The van der Waals surface area contributed by atoms with Gasteiger partial charge < -0.3 is 19.2 Å². The van der Waals surface area contributed by atoms with E-state index in [-0.39, 0.29) is 30.1 Å². The molecule has 0 aromatic carbocycles. The zero-order valence-electron chi connectivity index (χ0n) is 11.3. The molecule has 1 atom stereocenters. The minimum absolute atomic E-state index is 0.0203. The Morgan fingerprint density at radius 2 is 1.94 bits per heavy atom. The van der Waals surface area contributed by atoms with Crippen molar-refractivity contribution in [3.05, 3.63) is 0 Å². The maximum absolute atomic E-state index is 11.6. The molecule has 0 saturated heterocycles. The lowest BCUT2D eigenvalue weighted by molar-refractivity contribution is -0.861. The van der Waals surface area contributed by atoms with Gasteiger partial charge in [-0.2, -0.15) is 0 Å². The van der Waals surface area contributed by atoms with Gasteiger partial charge in [-0.25, -0.2) is 0 Å². The van der Waals surface area contributed by atoms with E-state index >= 15 is 0 Å². The molecule has 0 spiro atoms. The van der Waals surface area contributed by atoms with Gasteiger partial charge in [0, 0.05) is 0 Å². The zero-order chi connectivity index (χ0) is 13.6. The molecule has 0 amide bonds. The molecule has 0 rings (SSSR count). The summed E-state index contributed by atoms with van der Waals surface area (Å²) in [4.78, 5) is 22.8. The summed E-state index contributed by atoms with van der Waals surface area (Å²) in [6, 6.07) is 0. The van der Waals surface area contributed by atoms with Crippen molar-refractivity contribution in [2.24, 2.45) is 5.92 Å². The number of likely N-dealkylation sites (N-methyl/N-ethyl adjacent to an activating group) is 1. The second kappa shape index (κ2) is 7.07. The van der Waals surface area contributed by atoms with Crippen LogP contribution in [0.2, 0.25) is 0 Å². The summed E-state index contributed by atoms with van der Waals surface area (Å²) in [5, 5.41) is 9.60. The van der Waals surface area contributed by atoms with Crippen LogP contribution in [-0.4, -0.2) is 61.5 Å². The van der Waals surface area contributed by atoms with E-state index < -0.39 is 7.77 Å². The van der Waals surface area contributed by atoms with Gasteiger partial charge in [0.1, 0.15) is 12.8 Å². The molecule has 0 bridgehead atoms. The molecule has 0 heterocycles. The maximum Gasteiger partial charge on any atom is 0.308 e. The number of quaternary nitrogens is 1. The van der Waals surface area contributed by atoms with Crippen molar-refractivity contribution in [2.45, 2.75) is 13.8 Å². The number of carbonyl (C=O) groups is 1. The highest BCUT2D eigenvalue weighted by Crippen LogP contribution is 2.13. The summed E-state index contributed by atoms with van der Waals surface area (Å²) in [5.74, 6) is -0.490. The third-order valence-corrected chi connectivity index (χ3v) is 3.22. The first-order chi connectivity index (χ1) is 7.63. The van der Waals surface area contributed by atoms with Crippen molar-refractivity contribution in [3.8, 4) is 0 Å². The Labute approximate surface area is 104 Å². The molecule has 100 valence electrons. The van der Waals surface area contributed by atoms with Crippen molar-refractivity contribution in [2.75, 3.05) is 40.5 Å². The molecule has 1 unspecified atom stereocenters. The van der Waals surface area contributed by atoms with Crippen LogP contribution in [0.15, 0.2) is 0 Å². The first-order valence-electron chi connectivity index (χ1n) is 5.60. The molecule has 0 aromatic heterocycles. The normalized spacial score (nSPS) is 13.6. The van der Waals surface area contributed by atoms with E-state index in [1.54, 1.807) is 13.8 Å². The number of esters is 1. The quantitative estimate of drug-likeness (QED) is 0.421. The minimum Gasteiger partial charge on any atom is -0.628 e. The summed E-state index contributed by atoms with van der Waals surface area (Å²) < 4.78 is 5.41. The smallest absolute Gasteiger partial charge is 0.308 e. The summed E-state index contributed by atoms with van der Waals surface area (Å²) in [7, 11) is 3.88. The lowest BCUT2D eigenvalue weighted by atomic mass is 10.2. The van der Waals surface area contributed by atoms with Crippen molar-refractivity contribution in [1.82, 2.24) is 0 Å². The second-order valence-electron chi connectivity index (χ2n) is 5.29. The number of aliphatic hydroxyl groups is 1. The van der Waals surface area contributed by atoms with Crippen molar-refractivity contribution >= 4 is 19.2 Å². The van der Waals surface area contributed by atoms with Gasteiger partial charge in [0.05, 0.1) is 34.8 Å². The van der Waals surface area contributed by atoms with Gasteiger partial charge in [0.25, 0.3) is 5.48 Å². The van der Waals surface area contributed by atoms with Crippen LogP contribution in [0.25, 0.3) is 0 Å². The Hall–Kier alpha value is -0.480. The molecule has 0 radical (unpaired) electrons. The summed E-state index contributed by atoms with van der Waals surface area (Å²) >= 11 is 0.